The van der Waals surface area contributed by atoms with Gasteiger partial charge >= 0.3 is 6.03 Å². The monoisotopic (exact) mass is 321 g/mol. The van der Waals surface area contributed by atoms with Crippen molar-refractivity contribution in [2.75, 3.05) is 25.1 Å². The lowest BCUT2D eigenvalue weighted by Gasteiger charge is -2.36. The van der Waals surface area contributed by atoms with Crippen molar-refractivity contribution in [3.8, 4) is 6.07 Å². The summed E-state index contributed by atoms with van der Waals surface area (Å²) in [4.78, 5) is 14.3. The number of hydrogen-bond acceptors (Lipinski definition) is 3. The van der Waals surface area contributed by atoms with Gasteiger partial charge in [0.05, 0.1) is 29.8 Å². The van der Waals surface area contributed by atoms with Crippen molar-refractivity contribution in [3.63, 3.8) is 0 Å². The molecule has 0 aliphatic carbocycles. The number of benzene rings is 1. The summed E-state index contributed by atoms with van der Waals surface area (Å²) in [6, 6.07) is 6.80. The minimum Gasteiger partial charge on any atom is -0.377 e. The van der Waals surface area contributed by atoms with Gasteiger partial charge in [-0.3, -0.25) is 0 Å². The second-order valence-electron chi connectivity index (χ2n) is 5.79. The largest absolute Gasteiger partial charge is 0.377 e. The second-order valence-corrected chi connectivity index (χ2v) is 6.20. The highest BCUT2D eigenvalue weighted by Gasteiger charge is 2.27. The number of urea groups is 1. The average molecular weight is 322 g/mol. The Morgan fingerprint density at radius 3 is 3.00 bits per heavy atom. The van der Waals surface area contributed by atoms with E-state index in [0.717, 1.165) is 6.42 Å². The van der Waals surface area contributed by atoms with E-state index in [4.69, 9.17) is 21.6 Å². The van der Waals surface area contributed by atoms with Gasteiger partial charge in [-0.05, 0) is 30.5 Å². The Bertz CT molecular complexity index is 583. The fraction of sp³-hybridized carbons (Fsp3) is 0.500. The fourth-order valence-corrected chi connectivity index (χ4v) is 2.76. The highest BCUT2D eigenvalue weighted by molar-refractivity contribution is 6.32. The van der Waals surface area contributed by atoms with Gasteiger partial charge in [-0.1, -0.05) is 25.4 Å². The SMILES string of the molecule is CC(C)CC1COCCN1C(=O)Nc1ccc(C#N)c(Cl)c1. The Kier molecular flexibility index (Phi) is 5.64. The van der Waals surface area contributed by atoms with E-state index < -0.39 is 0 Å². The zero-order valence-corrected chi connectivity index (χ0v) is 13.6. The third-order valence-electron chi connectivity index (χ3n) is 3.57. The number of anilines is 1. The zero-order chi connectivity index (χ0) is 16.1. The average Bonchev–Trinajstić information content (AvgIpc) is 2.47. The van der Waals surface area contributed by atoms with Gasteiger partial charge in [0.15, 0.2) is 0 Å². The summed E-state index contributed by atoms with van der Waals surface area (Å²) in [7, 11) is 0. The summed E-state index contributed by atoms with van der Waals surface area (Å²) < 4.78 is 5.48. The lowest BCUT2D eigenvalue weighted by Crippen LogP contribution is -2.50. The summed E-state index contributed by atoms with van der Waals surface area (Å²) >= 11 is 5.99. The quantitative estimate of drug-likeness (QED) is 0.926. The van der Waals surface area contributed by atoms with Gasteiger partial charge < -0.3 is 15.0 Å². The minimum absolute atomic E-state index is 0.0857. The molecule has 22 heavy (non-hydrogen) atoms. The van der Waals surface area contributed by atoms with E-state index in [-0.39, 0.29) is 12.1 Å². The molecule has 1 atom stereocenters. The van der Waals surface area contributed by atoms with Crippen LogP contribution in [0.3, 0.4) is 0 Å². The van der Waals surface area contributed by atoms with Gasteiger partial charge in [-0.2, -0.15) is 5.26 Å². The van der Waals surface area contributed by atoms with E-state index in [9.17, 15) is 4.79 Å². The molecule has 1 aromatic carbocycles. The van der Waals surface area contributed by atoms with Crippen molar-refractivity contribution in [1.29, 1.82) is 5.26 Å². The molecule has 1 aromatic rings. The number of carbonyl (C=O) groups is 1. The second kappa shape index (κ2) is 7.48. The number of morpholine rings is 1. The van der Waals surface area contributed by atoms with Crippen LogP contribution < -0.4 is 5.32 Å². The molecule has 1 fully saturated rings. The van der Waals surface area contributed by atoms with E-state index in [0.29, 0.717) is 41.9 Å². The topological polar surface area (TPSA) is 65.4 Å². The van der Waals surface area contributed by atoms with Crippen molar-refractivity contribution in [3.05, 3.63) is 28.8 Å². The number of ether oxygens (including phenoxy) is 1. The van der Waals surface area contributed by atoms with Crippen molar-refractivity contribution in [2.45, 2.75) is 26.3 Å². The number of rotatable bonds is 3. The van der Waals surface area contributed by atoms with Crippen LogP contribution in [-0.2, 0) is 4.74 Å². The van der Waals surface area contributed by atoms with E-state index >= 15 is 0 Å². The molecule has 6 heteroatoms. The Morgan fingerprint density at radius 1 is 1.59 bits per heavy atom. The molecule has 1 aliphatic heterocycles. The highest BCUT2D eigenvalue weighted by atomic mass is 35.5. The third kappa shape index (κ3) is 4.12. The molecule has 0 bridgehead atoms. The van der Waals surface area contributed by atoms with E-state index in [1.165, 1.54) is 0 Å². The molecular formula is C16H20ClN3O2. The predicted molar refractivity (Wildman–Crippen MR) is 86.0 cm³/mol. The fourth-order valence-electron chi connectivity index (χ4n) is 2.54. The van der Waals surface area contributed by atoms with Gasteiger partial charge in [-0.25, -0.2) is 4.79 Å². The number of halogens is 1. The Morgan fingerprint density at radius 2 is 2.36 bits per heavy atom. The number of nitriles is 1. The molecule has 1 saturated heterocycles. The first-order chi connectivity index (χ1) is 10.5. The summed E-state index contributed by atoms with van der Waals surface area (Å²) in [5.41, 5.74) is 0.979. The number of carbonyl (C=O) groups excluding carboxylic acids is 1. The maximum Gasteiger partial charge on any atom is 0.322 e. The molecule has 1 unspecified atom stereocenters. The molecule has 5 nitrogen and oxygen atoms in total. The van der Waals surface area contributed by atoms with Gasteiger partial charge in [0.25, 0.3) is 0 Å². The van der Waals surface area contributed by atoms with Crippen molar-refractivity contribution in [2.24, 2.45) is 5.92 Å². The van der Waals surface area contributed by atoms with Crippen molar-refractivity contribution < 1.29 is 9.53 Å². The summed E-state index contributed by atoms with van der Waals surface area (Å²) in [5, 5.41) is 12.0. The molecule has 2 amide bonds. The predicted octanol–water partition coefficient (Wildman–Crippen LogP) is 3.49. The standard InChI is InChI=1S/C16H20ClN3O2/c1-11(2)7-14-10-22-6-5-20(14)16(21)19-13-4-3-12(9-18)15(17)8-13/h3-4,8,11,14H,5-7,10H2,1-2H3,(H,19,21). The third-order valence-corrected chi connectivity index (χ3v) is 3.89. The van der Waals surface area contributed by atoms with Crippen LogP contribution in [0.1, 0.15) is 25.8 Å². The van der Waals surface area contributed by atoms with E-state index in [1.54, 1.807) is 18.2 Å². The van der Waals surface area contributed by atoms with E-state index in [2.05, 4.69) is 19.2 Å². The van der Waals surface area contributed by atoms with Gasteiger partial charge in [0.2, 0.25) is 0 Å². The number of nitrogens with one attached hydrogen (secondary N) is 1. The zero-order valence-electron chi connectivity index (χ0n) is 12.8. The van der Waals surface area contributed by atoms with Crippen molar-refractivity contribution >= 4 is 23.3 Å². The summed E-state index contributed by atoms with van der Waals surface area (Å²) in [5.74, 6) is 0.492. The molecule has 0 spiro atoms. The molecule has 118 valence electrons. The molecule has 1 N–H and O–H groups in total. The Hall–Kier alpha value is -1.77. The number of hydrogen-bond donors (Lipinski definition) is 1. The molecule has 0 saturated carbocycles. The van der Waals surface area contributed by atoms with Gasteiger partial charge in [-0.15, -0.1) is 0 Å². The Balaban J connectivity index is 2.06. The van der Waals surface area contributed by atoms with Crippen molar-refractivity contribution in [1.82, 2.24) is 4.90 Å². The number of amides is 2. The van der Waals surface area contributed by atoms with Crippen LogP contribution >= 0.6 is 11.6 Å². The number of nitrogens with zero attached hydrogens (tertiary/aromatic N) is 2. The van der Waals surface area contributed by atoms with Gasteiger partial charge in [0.1, 0.15) is 6.07 Å². The Labute approximate surface area is 135 Å². The minimum atomic E-state index is -0.158. The molecule has 2 rings (SSSR count). The maximum atomic E-state index is 12.5. The van der Waals surface area contributed by atoms with Crippen LogP contribution in [0.4, 0.5) is 10.5 Å². The first kappa shape index (κ1) is 16.6. The molecule has 1 heterocycles. The van der Waals surface area contributed by atoms with Gasteiger partial charge in [0, 0.05) is 12.2 Å². The van der Waals surface area contributed by atoms with Crippen LogP contribution in [0.15, 0.2) is 18.2 Å². The van der Waals surface area contributed by atoms with E-state index in [1.807, 2.05) is 11.0 Å². The lowest BCUT2D eigenvalue weighted by molar-refractivity contribution is 0.00857. The molecular weight excluding hydrogens is 302 g/mol. The maximum absolute atomic E-state index is 12.5. The first-order valence-corrected chi connectivity index (χ1v) is 7.74. The molecule has 0 radical (unpaired) electrons. The first-order valence-electron chi connectivity index (χ1n) is 7.36. The normalized spacial score (nSPS) is 18.1. The van der Waals surface area contributed by atoms with Crippen LogP contribution in [-0.4, -0.2) is 36.7 Å². The lowest BCUT2D eigenvalue weighted by atomic mass is 10.0. The summed E-state index contributed by atoms with van der Waals surface area (Å²) in [6.45, 7) is 5.96. The highest BCUT2D eigenvalue weighted by Crippen LogP contribution is 2.22. The smallest absolute Gasteiger partial charge is 0.322 e. The molecule has 0 aromatic heterocycles. The summed E-state index contributed by atoms with van der Waals surface area (Å²) in [6.07, 6.45) is 0.904. The van der Waals surface area contributed by atoms with Crippen LogP contribution in [0.25, 0.3) is 0 Å². The van der Waals surface area contributed by atoms with Crippen LogP contribution in [0.5, 0.6) is 0 Å². The van der Waals surface area contributed by atoms with Crippen LogP contribution in [0, 0.1) is 17.2 Å². The van der Waals surface area contributed by atoms with Crippen LogP contribution in [0.2, 0.25) is 5.02 Å². The molecule has 1 aliphatic rings.